The van der Waals surface area contributed by atoms with E-state index in [1.54, 1.807) is 0 Å². The molecule has 1 aromatic carbocycles. The molecule has 0 radical (unpaired) electrons. The van der Waals surface area contributed by atoms with Crippen molar-refractivity contribution < 1.29 is 9.53 Å². The van der Waals surface area contributed by atoms with E-state index < -0.39 is 5.91 Å². The van der Waals surface area contributed by atoms with E-state index in [4.69, 9.17) is 10.5 Å². The van der Waals surface area contributed by atoms with Gasteiger partial charge in [-0.05, 0) is 56.0 Å². The molecule has 0 spiro atoms. The van der Waals surface area contributed by atoms with Crippen LogP contribution in [0.15, 0.2) is 42.5 Å². The van der Waals surface area contributed by atoms with Crippen LogP contribution in [0.1, 0.15) is 30.5 Å². The fraction of sp³-hybridized carbons (Fsp3) is 0.364. The predicted molar refractivity (Wildman–Crippen MR) is 114 cm³/mol. The summed E-state index contributed by atoms with van der Waals surface area (Å²) in [6.45, 7) is 2.37. The molecule has 1 fully saturated rings. The molecule has 4 rings (SSSR count). The van der Waals surface area contributed by atoms with Crippen molar-refractivity contribution in [1.29, 1.82) is 0 Å². The van der Waals surface area contributed by atoms with Crippen LogP contribution in [-0.2, 0) is 11.3 Å². The Morgan fingerprint density at radius 3 is 2.73 bits per heavy atom. The number of benzene rings is 1. The van der Waals surface area contributed by atoms with Crippen molar-refractivity contribution >= 4 is 11.9 Å². The first kappa shape index (κ1) is 19.9. The number of nitrogens with zero attached hydrogens (tertiary/aromatic N) is 5. The minimum absolute atomic E-state index is 0.149. The van der Waals surface area contributed by atoms with Gasteiger partial charge in [0, 0.05) is 18.8 Å². The molecule has 1 aliphatic rings. The van der Waals surface area contributed by atoms with Gasteiger partial charge in [0.05, 0.1) is 6.54 Å². The van der Waals surface area contributed by atoms with Gasteiger partial charge < -0.3 is 15.4 Å². The number of hydrogen-bond donors (Lipinski definition) is 1. The lowest BCUT2D eigenvalue weighted by molar-refractivity contribution is -0.119. The van der Waals surface area contributed by atoms with Crippen molar-refractivity contribution in [2.75, 3.05) is 18.6 Å². The van der Waals surface area contributed by atoms with Gasteiger partial charge >= 0.3 is 0 Å². The van der Waals surface area contributed by atoms with Crippen LogP contribution >= 0.6 is 0 Å². The average molecular weight is 406 g/mol. The minimum atomic E-state index is -0.503. The molecule has 3 aromatic rings. The van der Waals surface area contributed by atoms with E-state index in [0.29, 0.717) is 18.3 Å². The van der Waals surface area contributed by atoms with Gasteiger partial charge in [0.2, 0.25) is 5.95 Å². The molecular weight excluding hydrogens is 380 g/mol. The minimum Gasteiger partial charge on any atom is -0.484 e. The molecular formula is C22H26N6O2. The van der Waals surface area contributed by atoms with Gasteiger partial charge in [0.1, 0.15) is 11.4 Å². The first-order valence-electron chi connectivity index (χ1n) is 10.1. The maximum atomic E-state index is 11.0. The van der Waals surface area contributed by atoms with Gasteiger partial charge in [-0.2, -0.15) is 0 Å². The highest BCUT2D eigenvalue weighted by Crippen LogP contribution is 2.30. The topological polar surface area (TPSA) is 99.2 Å². The van der Waals surface area contributed by atoms with Gasteiger partial charge in [-0.25, -0.2) is 4.98 Å². The maximum Gasteiger partial charge on any atom is 0.255 e. The van der Waals surface area contributed by atoms with Crippen molar-refractivity contribution in [1.82, 2.24) is 19.7 Å². The van der Waals surface area contributed by atoms with Crippen LogP contribution in [0.3, 0.4) is 0 Å². The molecule has 0 bridgehead atoms. The number of primary amides is 1. The van der Waals surface area contributed by atoms with Crippen LogP contribution < -0.4 is 15.4 Å². The maximum absolute atomic E-state index is 11.0. The van der Waals surface area contributed by atoms with Gasteiger partial charge in [0.25, 0.3) is 5.91 Å². The van der Waals surface area contributed by atoms with Crippen LogP contribution in [0.25, 0.3) is 11.5 Å². The molecule has 0 saturated heterocycles. The zero-order valence-corrected chi connectivity index (χ0v) is 17.3. The van der Waals surface area contributed by atoms with E-state index in [1.165, 1.54) is 6.42 Å². The van der Waals surface area contributed by atoms with E-state index in [1.807, 2.05) is 49.4 Å². The molecule has 156 valence electrons. The Kier molecular flexibility index (Phi) is 5.65. The number of amides is 1. The van der Waals surface area contributed by atoms with Gasteiger partial charge in [-0.15, -0.1) is 10.2 Å². The number of carbonyl (C=O) groups is 1. The van der Waals surface area contributed by atoms with Crippen molar-refractivity contribution in [2.24, 2.45) is 5.73 Å². The zero-order valence-electron chi connectivity index (χ0n) is 17.3. The number of anilines is 1. The molecule has 0 unspecified atom stereocenters. The lowest BCUT2D eigenvalue weighted by atomic mass is 9.92. The van der Waals surface area contributed by atoms with E-state index >= 15 is 0 Å². The van der Waals surface area contributed by atoms with Crippen LogP contribution in [0, 0.1) is 6.92 Å². The lowest BCUT2D eigenvalue weighted by Crippen LogP contribution is -2.38. The summed E-state index contributed by atoms with van der Waals surface area (Å²) in [5, 5.41) is 8.99. The predicted octanol–water partition coefficient (Wildman–Crippen LogP) is 2.55. The Labute approximate surface area is 175 Å². The molecule has 8 heteroatoms. The number of rotatable bonds is 8. The summed E-state index contributed by atoms with van der Waals surface area (Å²) in [4.78, 5) is 17.9. The van der Waals surface area contributed by atoms with Crippen molar-refractivity contribution in [3.63, 3.8) is 0 Å². The lowest BCUT2D eigenvalue weighted by Gasteiger charge is -2.35. The molecule has 8 nitrogen and oxygen atoms in total. The smallest absolute Gasteiger partial charge is 0.255 e. The fourth-order valence-electron chi connectivity index (χ4n) is 3.57. The van der Waals surface area contributed by atoms with E-state index in [0.717, 1.165) is 41.6 Å². The Bertz CT molecular complexity index is 1040. The summed E-state index contributed by atoms with van der Waals surface area (Å²) in [6.07, 6.45) is 3.57. The summed E-state index contributed by atoms with van der Waals surface area (Å²) in [6, 6.07) is 14.0. The quantitative estimate of drug-likeness (QED) is 0.617. The molecule has 0 atom stereocenters. The number of carbonyl (C=O) groups excluding carboxylic acids is 1. The van der Waals surface area contributed by atoms with Gasteiger partial charge in [0.15, 0.2) is 12.4 Å². The van der Waals surface area contributed by atoms with E-state index in [9.17, 15) is 4.79 Å². The molecule has 2 aromatic heterocycles. The van der Waals surface area contributed by atoms with Crippen LogP contribution in [0.5, 0.6) is 5.75 Å². The van der Waals surface area contributed by atoms with Crippen molar-refractivity contribution in [3.05, 3.63) is 53.7 Å². The zero-order chi connectivity index (χ0) is 21.1. The van der Waals surface area contributed by atoms with Crippen molar-refractivity contribution in [2.45, 2.75) is 38.8 Å². The number of hydrogen-bond acceptors (Lipinski definition) is 6. The fourth-order valence-corrected chi connectivity index (χ4v) is 3.57. The Hall–Kier alpha value is -3.42. The Morgan fingerprint density at radius 1 is 1.23 bits per heavy atom. The number of aryl methyl sites for hydroxylation is 1. The highest BCUT2D eigenvalue weighted by Gasteiger charge is 2.27. The molecule has 1 aliphatic carbocycles. The number of pyridine rings is 1. The molecule has 2 heterocycles. The molecule has 1 amide bonds. The van der Waals surface area contributed by atoms with Gasteiger partial charge in [-0.3, -0.25) is 9.36 Å². The number of ether oxygens (including phenoxy) is 1. The van der Waals surface area contributed by atoms with Gasteiger partial charge in [-0.1, -0.05) is 18.2 Å². The first-order chi connectivity index (χ1) is 14.5. The highest BCUT2D eigenvalue weighted by molar-refractivity contribution is 5.75. The summed E-state index contributed by atoms with van der Waals surface area (Å²) < 4.78 is 7.55. The molecule has 0 aliphatic heterocycles. The third-order valence-corrected chi connectivity index (χ3v) is 5.41. The number of aromatic nitrogens is 4. The third-order valence-electron chi connectivity index (χ3n) is 5.41. The second-order valence-corrected chi connectivity index (χ2v) is 7.67. The Morgan fingerprint density at radius 2 is 2.03 bits per heavy atom. The molecule has 30 heavy (non-hydrogen) atoms. The molecule has 2 N–H and O–H groups in total. The average Bonchev–Trinajstić information content (AvgIpc) is 3.09. The van der Waals surface area contributed by atoms with Crippen LogP contribution in [-0.4, -0.2) is 45.4 Å². The second kappa shape index (κ2) is 8.52. The summed E-state index contributed by atoms with van der Waals surface area (Å²) >= 11 is 0. The molecule has 1 saturated carbocycles. The SMILES string of the molecule is Cc1cccc(-c2nnc(N(C)C3CCC3)n2Cc2cccc(OCC(N)=O)c2)n1. The second-order valence-electron chi connectivity index (χ2n) is 7.67. The monoisotopic (exact) mass is 406 g/mol. The first-order valence-corrected chi connectivity index (χ1v) is 10.1. The van der Waals surface area contributed by atoms with Crippen LogP contribution in [0.2, 0.25) is 0 Å². The summed E-state index contributed by atoms with van der Waals surface area (Å²) in [5.41, 5.74) is 7.91. The number of nitrogens with two attached hydrogens (primary N) is 1. The van der Waals surface area contributed by atoms with E-state index in [2.05, 4.69) is 31.7 Å². The summed E-state index contributed by atoms with van der Waals surface area (Å²) in [5.74, 6) is 1.64. The Balaban J connectivity index is 1.69. The summed E-state index contributed by atoms with van der Waals surface area (Å²) in [7, 11) is 2.07. The largest absolute Gasteiger partial charge is 0.484 e. The normalized spacial score (nSPS) is 13.7. The van der Waals surface area contributed by atoms with Crippen molar-refractivity contribution in [3.8, 4) is 17.3 Å². The van der Waals surface area contributed by atoms with E-state index in [-0.39, 0.29) is 6.61 Å². The third kappa shape index (κ3) is 4.27. The standard InChI is InChI=1S/C22H26N6O2/c1-15-6-3-11-19(24-15)21-25-26-22(27(2)17-8-5-9-17)28(21)13-16-7-4-10-18(12-16)30-14-20(23)29/h3-4,6-7,10-12,17H,5,8-9,13-14H2,1-2H3,(H2,23,29). The van der Waals surface area contributed by atoms with Crippen LogP contribution in [0.4, 0.5) is 5.95 Å². The highest BCUT2D eigenvalue weighted by atomic mass is 16.5.